The largest absolute Gasteiger partial charge is 0.453 e. The normalized spacial score (nSPS) is 14.3. The van der Waals surface area contributed by atoms with Crippen molar-refractivity contribution in [2.75, 3.05) is 0 Å². The molecule has 0 saturated carbocycles. The number of allylic oxidation sites excluding steroid dienone is 1. The van der Waals surface area contributed by atoms with Crippen LogP contribution < -0.4 is 0 Å². The van der Waals surface area contributed by atoms with E-state index in [9.17, 15) is 13.2 Å². The van der Waals surface area contributed by atoms with Crippen molar-refractivity contribution in [1.82, 2.24) is 14.9 Å². The zero-order valence-electron chi connectivity index (χ0n) is 13.2. The second kappa shape index (κ2) is 6.45. The zero-order valence-corrected chi connectivity index (χ0v) is 14.0. The molecule has 8 heteroatoms. The molecule has 0 radical (unpaired) electrons. The molecule has 130 valence electrons. The van der Waals surface area contributed by atoms with Crippen LogP contribution in [0.3, 0.4) is 0 Å². The Kier molecular flexibility index (Phi) is 4.12. The van der Waals surface area contributed by atoms with E-state index < -0.39 is 12.0 Å². The molecule has 0 saturated heterocycles. The molecule has 0 bridgehead atoms. The maximum Gasteiger partial charge on any atom is 0.453 e. The fraction of sp³-hybridized carbons (Fsp3) is 0.0556. The van der Waals surface area contributed by atoms with Gasteiger partial charge in [0, 0.05) is 10.5 Å². The smallest absolute Gasteiger partial charge is 0.182 e. The van der Waals surface area contributed by atoms with Gasteiger partial charge in [-0.15, -0.1) is 10.2 Å². The van der Waals surface area contributed by atoms with Crippen LogP contribution in [0, 0.1) is 0 Å². The van der Waals surface area contributed by atoms with Crippen LogP contribution in [0.25, 0.3) is 4.91 Å². The minimum atomic E-state index is -4.64. The summed E-state index contributed by atoms with van der Waals surface area (Å²) in [5.41, 5.74) is 1.98. The van der Waals surface area contributed by atoms with Crippen molar-refractivity contribution in [3.05, 3.63) is 83.7 Å². The van der Waals surface area contributed by atoms with E-state index in [-0.39, 0.29) is 5.16 Å². The number of hydrogen-bond donors (Lipinski definition) is 0. The van der Waals surface area contributed by atoms with Crippen LogP contribution in [-0.2, 0) is 6.18 Å². The van der Waals surface area contributed by atoms with Gasteiger partial charge in [0.2, 0.25) is 5.16 Å². The summed E-state index contributed by atoms with van der Waals surface area (Å²) in [7, 11) is 0. The number of rotatable bonds is 2. The molecule has 0 spiro atoms. The van der Waals surface area contributed by atoms with Crippen LogP contribution in [0.1, 0.15) is 17.0 Å². The number of aromatic nitrogens is 3. The first-order valence-electron chi connectivity index (χ1n) is 7.64. The van der Waals surface area contributed by atoms with Crippen LogP contribution in [0.5, 0.6) is 0 Å². The molecule has 1 aliphatic rings. The lowest BCUT2D eigenvalue weighted by atomic mass is 10.1. The first kappa shape index (κ1) is 16.6. The zero-order chi connectivity index (χ0) is 18.1. The fourth-order valence-corrected chi connectivity index (χ4v) is 3.40. The molecule has 0 amide bonds. The topological polar surface area (TPSA) is 43.1 Å². The summed E-state index contributed by atoms with van der Waals surface area (Å²) in [6.45, 7) is 0. The van der Waals surface area contributed by atoms with E-state index in [2.05, 4.69) is 15.3 Å². The first-order valence-corrected chi connectivity index (χ1v) is 8.46. The fourth-order valence-electron chi connectivity index (χ4n) is 2.48. The molecule has 26 heavy (non-hydrogen) atoms. The molecular formula is C18H11F3N4S. The molecule has 0 aliphatic carbocycles. The van der Waals surface area contributed by atoms with Gasteiger partial charge >= 0.3 is 6.18 Å². The molecule has 3 aromatic rings. The van der Waals surface area contributed by atoms with Crippen molar-refractivity contribution in [2.24, 2.45) is 5.10 Å². The van der Waals surface area contributed by atoms with Gasteiger partial charge in [-0.1, -0.05) is 60.7 Å². The number of fused-ring (bicyclic) bond motifs is 1. The number of thioether (sulfide) groups is 1. The van der Waals surface area contributed by atoms with Gasteiger partial charge in [0.05, 0.1) is 5.71 Å². The van der Waals surface area contributed by atoms with E-state index in [1.807, 2.05) is 48.5 Å². The highest BCUT2D eigenvalue weighted by Crippen LogP contribution is 2.38. The van der Waals surface area contributed by atoms with E-state index in [1.165, 1.54) is 0 Å². The molecule has 2 heterocycles. The van der Waals surface area contributed by atoms with E-state index in [0.29, 0.717) is 11.3 Å². The Morgan fingerprint density at radius 3 is 2.04 bits per heavy atom. The van der Waals surface area contributed by atoms with Crippen LogP contribution in [-0.4, -0.2) is 20.6 Å². The van der Waals surface area contributed by atoms with Crippen molar-refractivity contribution in [2.45, 2.75) is 11.3 Å². The van der Waals surface area contributed by atoms with E-state index in [1.54, 1.807) is 18.2 Å². The SMILES string of the molecule is FC(F)(F)c1nnc2n1N=C(c1ccccc1)C=C(c1ccccc1)S2. The Bertz CT molecular complexity index is 992. The number of nitrogens with zero attached hydrogens (tertiary/aromatic N) is 4. The number of hydrogen-bond acceptors (Lipinski definition) is 4. The molecule has 1 aromatic heterocycles. The second-order valence-electron chi connectivity index (χ2n) is 5.44. The van der Waals surface area contributed by atoms with Crippen molar-refractivity contribution in [3.63, 3.8) is 0 Å². The van der Waals surface area contributed by atoms with Crippen molar-refractivity contribution >= 4 is 22.4 Å². The van der Waals surface area contributed by atoms with Crippen LogP contribution in [0.4, 0.5) is 13.2 Å². The summed E-state index contributed by atoms with van der Waals surface area (Å²) >= 11 is 1.10. The van der Waals surface area contributed by atoms with E-state index >= 15 is 0 Å². The summed E-state index contributed by atoms with van der Waals surface area (Å²) in [6, 6.07) is 18.4. The van der Waals surface area contributed by atoms with Crippen molar-refractivity contribution < 1.29 is 13.2 Å². The number of halogens is 3. The predicted octanol–water partition coefficient (Wildman–Crippen LogP) is 4.70. The lowest BCUT2D eigenvalue weighted by molar-refractivity contribution is -0.147. The van der Waals surface area contributed by atoms with E-state index in [4.69, 9.17) is 0 Å². The minimum absolute atomic E-state index is 0.0679. The highest BCUT2D eigenvalue weighted by Gasteiger charge is 2.39. The maximum atomic E-state index is 13.3. The highest BCUT2D eigenvalue weighted by molar-refractivity contribution is 8.08. The summed E-state index contributed by atoms with van der Waals surface area (Å²) in [5, 5.41) is 11.3. The second-order valence-corrected chi connectivity index (χ2v) is 6.45. The molecule has 0 atom stereocenters. The molecule has 0 N–H and O–H groups in total. The van der Waals surface area contributed by atoms with E-state index in [0.717, 1.165) is 26.9 Å². The summed E-state index contributed by atoms with van der Waals surface area (Å²) in [5.74, 6) is -1.14. The third-order valence-corrected chi connectivity index (χ3v) is 4.68. The molecule has 4 rings (SSSR count). The molecule has 0 fully saturated rings. The minimum Gasteiger partial charge on any atom is -0.182 e. The molecule has 4 nitrogen and oxygen atoms in total. The Hall–Kier alpha value is -2.87. The van der Waals surface area contributed by atoms with Crippen LogP contribution in [0.15, 0.2) is 77.0 Å². The highest BCUT2D eigenvalue weighted by atomic mass is 32.2. The van der Waals surface area contributed by atoms with Gasteiger partial charge in [-0.05, 0) is 23.4 Å². The third kappa shape index (κ3) is 3.15. The van der Waals surface area contributed by atoms with Gasteiger partial charge in [-0.25, -0.2) is 0 Å². The number of alkyl halides is 3. The Morgan fingerprint density at radius 2 is 1.42 bits per heavy atom. The van der Waals surface area contributed by atoms with Crippen LogP contribution in [0.2, 0.25) is 0 Å². The first-order chi connectivity index (χ1) is 12.5. The number of benzene rings is 2. The van der Waals surface area contributed by atoms with Gasteiger partial charge in [0.25, 0.3) is 5.82 Å². The van der Waals surface area contributed by atoms with Crippen molar-refractivity contribution in [1.29, 1.82) is 0 Å². The summed E-state index contributed by atoms with van der Waals surface area (Å²) < 4.78 is 40.6. The molecule has 2 aromatic carbocycles. The standard InChI is InChI=1S/C18H11F3N4S/c19-18(20,21)16-22-23-17-25(16)24-14(12-7-3-1-4-8-12)11-15(26-17)13-9-5-2-6-10-13/h1-11H. The van der Waals surface area contributed by atoms with Gasteiger partial charge in [-0.2, -0.15) is 22.9 Å². The Balaban J connectivity index is 1.91. The molecular weight excluding hydrogens is 361 g/mol. The van der Waals surface area contributed by atoms with Gasteiger partial charge < -0.3 is 0 Å². The maximum absolute atomic E-state index is 13.3. The van der Waals surface area contributed by atoms with Crippen molar-refractivity contribution in [3.8, 4) is 0 Å². The quantitative estimate of drug-likeness (QED) is 0.655. The van der Waals surface area contributed by atoms with Gasteiger partial charge in [0.15, 0.2) is 0 Å². The van der Waals surface area contributed by atoms with Gasteiger partial charge in [-0.3, -0.25) is 0 Å². The summed E-state index contributed by atoms with van der Waals surface area (Å²) in [4.78, 5) is 0.744. The third-order valence-electron chi connectivity index (χ3n) is 3.67. The lowest BCUT2D eigenvalue weighted by Gasteiger charge is -2.06. The molecule has 0 unspecified atom stereocenters. The average Bonchev–Trinajstić information content (AvgIpc) is 2.95. The predicted molar refractivity (Wildman–Crippen MR) is 93.7 cm³/mol. The molecule has 1 aliphatic heterocycles. The van der Waals surface area contributed by atoms with Gasteiger partial charge in [0.1, 0.15) is 0 Å². The Morgan fingerprint density at radius 1 is 0.808 bits per heavy atom. The Labute approximate surface area is 151 Å². The monoisotopic (exact) mass is 372 g/mol. The lowest BCUT2D eigenvalue weighted by Crippen LogP contribution is -2.14. The average molecular weight is 372 g/mol. The van der Waals surface area contributed by atoms with Crippen LogP contribution >= 0.6 is 11.8 Å². The summed E-state index contributed by atoms with van der Waals surface area (Å²) in [6.07, 6.45) is -2.88.